The maximum Gasteiger partial charge on any atom is 0.0992 e. The van der Waals surface area contributed by atoms with Crippen LogP contribution < -0.4 is 4.90 Å². The molecule has 0 amide bonds. The lowest BCUT2D eigenvalue weighted by Crippen LogP contribution is -2.10. The van der Waals surface area contributed by atoms with Gasteiger partial charge in [0.1, 0.15) is 0 Å². The lowest BCUT2D eigenvalue weighted by molar-refractivity contribution is 1.27. The molecule has 6 aromatic rings. The van der Waals surface area contributed by atoms with Crippen LogP contribution in [0.2, 0.25) is 0 Å². The van der Waals surface area contributed by atoms with Gasteiger partial charge >= 0.3 is 0 Å². The molecule has 178 valence electrons. The second-order valence-corrected chi connectivity index (χ2v) is 9.82. The van der Waals surface area contributed by atoms with Crippen LogP contribution in [0, 0.1) is 18.3 Å². The fourth-order valence-electron chi connectivity index (χ4n) is 5.80. The van der Waals surface area contributed by atoms with E-state index in [0.29, 0.717) is 5.56 Å². The van der Waals surface area contributed by atoms with E-state index in [4.69, 9.17) is 0 Å². The molecule has 1 aliphatic rings. The number of aryl methyl sites for hydroxylation is 1. The van der Waals surface area contributed by atoms with Crippen molar-refractivity contribution in [3.63, 3.8) is 0 Å². The summed E-state index contributed by atoms with van der Waals surface area (Å²) in [6.45, 7) is 2.11. The number of hydrogen-bond donors (Lipinski definition) is 0. The third kappa shape index (κ3) is 3.49. The number of nitriles is 1. The van der Waals surface area contributed by atoms with Gasteiger partial charge in [0.2, 0.25) is 0 Å². The first-order valence-electron chi connectivity index (χ1n) is 12.8. The molecule has 0 aliphatic heterocycles. The van der Waals surface area contributed by atoms with Crippen molar-refractivity contribution in [2.75, 3.05) is 4.90 Å². The van der Waals surface area contributed by atoms with E-state index < -0.39 is 0 Å². The number of hydrogen-bond acceptors (Lipinski definition) is 2. The third-order valence-corrected chi connectivity index (χ3v) is 7.46. The first-order chi connectivity index (χ1) is 18.7. The highest BCUT2D eigenvalue weighted by molar-refractivity contribution is 6.18. The van der Waals surface area contributed by atoms with E-state index in [9.17, 15) is 5.26 Å². The molecule has 0 radical (unpaired) electrons. The second-order valence-electron chi connectivity index (χ2n) is 9.82. The van der Waals surface area contributed by atoms with Gasteiger partial charge < -0.3 is 4.90 Å². The summed E-state index contributed by atoms with van der Waals surface area (Å²) in [5.74, 6) is 0. The minimum atomic E-state index is 0.642. The van der Waals surface area contributed by atoms with Gasteiger partial charge in [-0.15, -0.1) is 0 Å². The Morgan fingerprint density at radius 1 is 0.526 bits per heavy atom. The van der Waals surface area contributed by atoms with Gasteiger partial charge in [-0.2, -0.15) is 5.26 Å². The number of benzene rings is 6. The minimum Gasteiger partial charge on any atom is -0.310 e. The highest BCUT2D eigenvalue weighted by atomic mass is 15.1. The van der Waals surface area contributed by atoms with E-state index in [1.807, 2.05) is 18.2 Å². The Hall–Kier alpha value is -5.13. The molecule has 38 heavy (non-hydrogen) atoms. The van der Waals surface area contributed by atoms with Crippen LogP contribution in [0.5, 0.6) is 0 Å². The van der Waals surface area contributed by atoms with Gasteiger partial charge in [-0.3, -0.25) is 0 Å². The van der Waals surface area contributed by atoms with Crippen molar-refractivity contribution in [1.82, 2.24) is 0 Å². The average molecular weight is 485 g/mol. The fourth-order valence-corrected chi connectivity index (χ4v) is 5.80. The summed E-state index contributed by atoms with van der Waals surface area (Å²) >= 11 is 0. The van der Waals surface area contributed by atoms with Crippen molar-refractivity contribution >= 4 is 27.8 Å². The minimum absolute atomic E-state index is 0.642. The first kappa shape index (κ1) is 22.1. The maximum absolute atomic E-state index is 9.57. The van der Waals surface area contributed by atoms with Gasteiger partial charge in [0.05, 0.1) is 11.6 Å². The molecule has 0 aromatic heterocycles. The predicted octanol–water partition coefficient (Wildman–Crippen LogP) is 9.80. The average Bonchev–Trinajstić information content (AvgIpc) is 3.29. The summed E-state index contributed by atoms with van der Waals surface area (Å²) in [4.78, 5) is 2.23. The van der Waals surface area contributed by atoms with Gasteiger partial charge in [-0.25, -0.2) is 0 Å². The summed E-state index contributed by atoms with van der Waals surface area (Å²) in [5, 5.41) is 12.2. The number of anilines is 3. The molecule has 0 atom stereocenters. The molecule has 0 bridgehead atoms. The van der Waals surface area contributed by atoms with Crippen LogP contribution in [-0.2, 0) is 0 Å². The molecule has 2 heteroatoms. The van der Waals surface area contributed by atoms with Gasteiger partial charge in [0.25, 0.3) is 0 Å². The van der Waals surface area contributed by atoms with Crippen LogP contribution in [0.3, 0.4) is 0 Å². The van der Waals surface area contributed by atoms with E-state index in [1.54, 1.807) is 0 Å². The van der Waals surface area contributed by atoms with Crippen molar-refractivity contribution in [2.45, 2.75) is 6.92 Å². The number of rotatable bonds is 4. The fraction of sp³-hybridized carbons (Fsp3) is 0.0278. The Balaban J connectivity index is 1.42. The van der Waals surface area contributed by atoms with Crippen LogP contribution >= 0.6 is 0 Å². The quantitative estimate of drug-likeness (QED) is 0.249. The van der Waals surface area contributed by atoms with Crippen molar-refractivity contribution in [1.29, 1.82) is 5.26 Å². The van der Waals surface area contributed by atoms with Crippen molar-refractivity contribution in [3.8, 4) is 39.4 Å². The molecule has 1 aliphatic carbocycles. The van der Waals surface area contributed by atoms with E-state index in [2.05, 4.69) is 127 Å². The second kappa shape index (κ2) is 8.76. The smallest absolute Gasteiger partial charge is 0.0992 e. The zero-order valence-corrected chi connectivity index (χ0v) is 21.0. The summed E-state index contributed by atoms with van der Waals surface area (Å²) < 4.78 is 0. The van der Waals surface area contributed by atoms with Crippen molar-refractivity contribution < 1.29 is 0 Å². The summed E-state index contributed by atoms with van der Waals surface area (Å²) in [7, 11) is 0. The SMILES string of the molecule is Cc1cccc(N(c2cccc(C#N)c2)c2cccc(-c3ccc4c5c(cccc35)-c3ccccc3-4)c2)c1. The third-order valence-electron chi connectivity index (χ3n) is 7.46. The maximum atomic E-state index is 9.57. The highest BCUT2D eigenvalue weighted by Gasteiger charge is 2.22. The Bertz CT molecular complexity index is 1880. The first-order valence-corrected chi connectivity index (χ1v) is 12.8. The molecule has 7 rings (SSSR count). The van der Waals surface area contributed by atoms with Crippen LogP contribution in [0.25, 0.3) is 44.2 Å². The lowest BCUT2D eigenvalue weighted by atomic mass is 9.94. The van der Waals surface area contributed by atoms with Crippen LogP contribution in [0.1, 0.15) is 11.1 Å². The molecule has 0 saturated carbocycles. The molecule has 0 fully saturated rings. The summed E-state index contributed by atoms with van der Waals surface area (Å²) in [5.41, 5.74) is 12.5. The summed E-state index contributed by atoms with van der Waals surface area (Å²) in [6.07, 6.45) is 0. The van der Waals surface area contributed by atoms with E-state index in [-0.39, 0.29) is 0 Å². The van der Waals surface area contributed by atoms with Crippen molar-refractivity contribution in [3.05, 3.63) is 139 Å². The molecule has 0 heterocycles. The van der Waals surface area contributed by atoms with Gasteiger partial charge in [-0.05, 0) is 99.1 Å². The van der Waals surface area contributed by atoms with Gasteiger partial charge in [-0.1, -0.05) is 84.9 Å². The molecular weight excluding hydrogens is 460 g/mol. The number of nitrogens with zero attached hydrogens (tertiary/aromatic N) is 2. The molecule has 6 aromatic carbocycles. The highest BCUT2D eigenvalue weighted by Crippen LogP contribution is 2.49. The Kier molecular flexibility index (Phi) is 5.10. The Morgan fingerprint density at radius 2 is 1.13 bits per heavy atom. The molecule has 0 N–H and O–H groups in total. The monoisotopic (exact) mass is 484 g/mol. The van der Waals surface area contributed by atoms with Gasteiger partial charge in [0, 0.05) is 17.1 Å². The molecule has 0 unspecified atom stereocenters. The van der Waals surface area contributed by atoms with E-state index in [0.717, 1.165) is 22.6 Å². The van der Waals surface area contributed by atoms with E-state index in [1.165, 1.54) is 44.2 Å². The largest absolute Gasteiger partial charge is 0.310 e. The molecule has 2 nitrogen and oxygen atoms in total. The van der Waals surface area contributed by atoms with Crippen LogP contribution in [-0.4, -0.2) is 0 Å². The molecule has 0 spiro atoms. The topological polar surface area (TPSA) is 27.0 Å². The van der Waals surface area contributed by atoms with E-state index >= 15 is 0 Å². The Morgan fingerprint density at radius 3 is 1.89 bits per heavy atom. The normalized spacial score (nSPS) is 11.3. The van der Waals surface area contributed by atoms with Crippen LogP contribution in [0.4, 0.5) is 17.1 Å². The summed E-state index contributed by atoms with van der Waals surface area (Å²) in [6, 6.07) is 47.2. The Labute approximate surface area is 222 Å². The number of fused-ring (bicyclic) bond motifs is 3. The zero-order valence-electron chi connectivity index (χ0n) is 21.0. The predicted molar refractivity (Wildman–Crippen MR) is 158 cm³/mol. The molecule has 0 saturated heterocycles. The zero-order chi connectivity index (χ0) is 25.6. The standard InChI is InChI=1S/C36H24N2/c1-24-8-4-11-27(20-24)38(28-12-5-9-25(21-28)23-37)29-13-6-10-26(22-29)30-18-19-35-32-15-3-2-14-31(32)34-17-7-16-33(30)36(34)35/h2-22H,1H3. The van der Waals surface area contributed by atoms with Crippen molar-refractivity contribution in [2.24, 2.45) is 0 Å². The van der Waals surface area contributed by atoms with Gasteiger partial charge in [0.15, 0.2) is 0 Å². The van der Waals surface area contributed by atoms with Crippen LogP contribution in [0.15, 0.2) is 127 Å². The lowest BCUT2D eigenvalue weighted by Gasteiger charge is -2.26. The molecular formula is C36H24N2.